The van der Waals surface area contributed by atoms with E-state index in [0.717, 1.165) is 11.6 Å². The monoisotopic (exact) mass is 226 g/mol. The largest absolute Gasteiger partial charge is 0.372 e. The van der Waals surface area contributed by atoms with Crippen molar-refractivity contribution in [2.75, 3.05) is 13.7 Å². The molecule has 1 aromatic heterocycles. The second kappa shape index (κ2) is 4.20. The average molecular weight is 226 g/mol. The Kier molecular flexibility index (Phi) is 3.09. The molecule has 0 aliphatic carbocycles. The molecule has 0 bridgehead atoms. The van der Waals surface area contributed by atoms with Crippen molar-refractivity contribution in [3.8, 4) is 0 Å². The van der Waals surface area contributed by atoms with Crippen LogP contribution in [-0.4, -0.2) is 18.6 Å². The predicted octanol–water partition coefficient (Wildman–Crippen LogP) is 2.45. The summed E-state index contributed by atoms with van der Waals surface area (Å²) in [6, 6.07) is 0.461. The van der Waals surface area contributed by atoms with Crippen molar-refractivity contribution in [2.45, 2.75) is 38.3 Å². The molecular weight excluding hydrogens is 208 g/mol. The van der Waals surface area contributed by atoms with Gasteiger partial charge in [-0.15, -0.1) is 11.3 Å². The first-order valence-corrected chi connectivity index (χ1v) is 6.26. The van der Waals surface area contributed by atoms with E-state index in [2.05, 4.69) is 29.5 Å². The lowest BCUT2D eigenvalue weighted by molar-refractivity contribution is 0.0189. The van der Waals surface area contributed by atoms with Gasteiger partial charge in [0.1, 0.15) is 10.6 Å². The highest BCUT2D eigenvalue weighted by Gasteiger charge is 2.26. The summed E-state index contributed by atoms with van der Waals surface area (Å²) in [7, 11) is 1.73. The number of ether oxygens (including phenoxy) is 1. The summed E-state index contributed by atoms with van der Waals surface area (Å²) in [5.74, 6) is 0. The summed E-state index contributed by atoms with van der Waals surface area (Å²) < 4.78 is 5.43. The van der Waals surface area contributed by atoms with Gasteiger partial charge in [-0.25, -0.2) is 4.98 Å². The van der Waals surface area contributed by atoms with Gasteiger partial charge >= 0.3 is 0 Å². The molecule has 1 saturated heterocycles. The van der Waals surface area contributed by atoms with Gasteiger partial charge in [0.25, 0.3) is 0 Å². The smallest absolute Gasteiger partial charge is 0.124 e. The van der Waals surface area contributed by atoms with Crippen molar-refractivity contribution in [2.24, 2.45) is 0 Å². The van der Waals surface area contributed by atoms with E-state index in [1.54, 1.807) is 18.4 Å². The van der Waals surface area contributed by atoms with Crippen LogP contribution in [0.5, 0.6) is 0 Å². The SMILES string of the molecule is COC(C)(C)c1nc([C@H]2CCCN2)cs1. The molecule has 84 valence electrons. The topological polar surface area (TPSA) is 34.1 Å². The van der Waals surface area contributed by atoms with Gasteiger partial charge in [0.2, 0.25) is 0 Å². The summed E-state index contributed by atoms with van der Waals surface area (Å²) in [4.78, 5) is 4.67. The molecule has 1 aliphatic rings. The fraction of sp³-hybridized carbons (Fsp3) is 0.727. The van der Waals surface area contributed by atoms with E-state index in [9.17, 15) is 0 Å². The van der Waals surface area contributed by atoms with Gasteiger partial charge in [-0.05, 0) is 33.2 Å². The Hall–Kier alpha value is -0.450. The van der Waals surface area contributed by atoms with E-state index in [4.69, 9.17) is 4.74 Å². The Morgan fingerprint density at radius 2 is 2.40 bits per heavy atom. The summed E-state index contributed by atoms with van der Waals surface area (Å²) in [6.45, 7) is 5.22. The maximum Gasteiger partial charge on any atom is 0.124 e. The Morgan fingerprint density at radius 3 is 3.00 bits per heavy atom. The van der Waals surface area contributed by atoms with Crippen LogP contribution < -0.4 is 5.32 Å². The number of nitrogens with zero attached hydrogens (tertiary/aromatic N) is 1. The maximum absolute atomic E-state index is 5.43. The normalized spacial score (nSPS) is 22.2. The quantitative estimate of drug-likeness (QED) is 0.859. The van der Waals surface area contributed by atoms with Gasteiger partial charge in [-0.1, -0.05) is 0 Å². The number of hydrogen-bond acceptors (Lipinski definition) is 4. The van der Waals surface area contributed by atoms with E-state index < -0.39 is 0 Å². The van der Waals surface area contributed by atoms with E-state index in [-0.39, 0.29) is 5.60 Å². The molecule has 0 aromatic carbocycles. The number of hydrogen-bond donors (Lipinski definition) is 1. The van der Waals surface area contributed by atoms with Crippen molar-refractivity contribution in [3.63, 3.8) is 0 Å². The predicted molar refractivity (Wildman–Crippen MR) is 62.1 cm³/mol. The summed E-state index contributed by atoms with van der Waals surface area (Å²) in [5, 5.41) is 6.67. The zero-order valence-electron chi connectivity index (χ0n) is 9.54. The molecule has 1 atom stereocenters. The zero-order valence-corrected chi connectivity index (χ0v) is 10.4. The van der Waals surface area contributed by atoms with Gasteiger partial charge in [0, 0.05) is 12.5 Å². The lowest BCUT2D eigenvalue weighted by Crippen LogP contribution is -2.20. The van der Waals surface area contributed by atoms with Crippen molar-refractivity contribution in [1.82, 2.24) is 10.3 Å². The third kappa shape index (κ3) is 2.22. The molecule has 0 radical (unpaired) electrons. The summed E-state index contributed by atoms with van der Waals surface area (Å²) in [5.41, 5.74) is 0.916. The van der Waals surface area contributed by atoms with Crippen LogP contribution in [0.2, 0.25) is 0 Å². The minimum Gasteiger partial charge on any atom is -0.372 e. The summed E-state index contributed by atoms with van der Waals surface area (Å²) in [6.07, 6.45) is 2.46. The highest BCUT2D eigenvalue weighted by atomic mass is 32.1. The molecule has 0 amide bonds. The maximum atomic E-state index is 5.43. The Balaban J connectivity index is 2.16. The van der Waals surface area contributed by atoms with Crippen LogP contribution in [0.25, 0.3) is 0 Å². The van der Waals surface area contributed by atoms with Gasteiger partial charge in [0.05, 0.1) is 11.7 Å². The lowest BCUT2D eigenvalue weighted by Gasteiger charge is -2.19. The molecule has 4 heteroatoms. The van der Waals surface area contributed by atoms with E-state index in [1.165, 1.54) is 18.5 Å². The molecule has 0 spiro atoms. The number of methoxy groups -OCH3 is 1. The first-order valence-electron chi connectivity index (χ1n) is 5.38. The first kappa shape index (κ1) is 11.0. The molecule has 2 rings (SSSR count). The van der Waals surface area contributed by atoms with E-state index >= 15 is 0 Å². The van der Waals surface area contributed by atoms with Gasteiger partial charge < -0.3 is 10.1 Å². The van der Waals surface area contributed by atoms with Crippen molar-refractivity contribution >= 4 is 11.3 Å². The molecular formula is C11H18N2OS. The van der Waals surface area contributed by atoms with Crippen LogP contribution in [0.15, 0.2) is 5.38 Å². The second-order valence-corrected chi connectivity index (χ2v) is 5.30. The highest BCUT2D eigenvalue weighted by Crippen LogP contribution is 2.30. The fourth-order valence-electron chi connectivity index (χ4n) is 1.75. The minimum atomic E-state index is -0.262. The number of nitrogens with one attached hydrogen (secondary N) is 1. The zero-order chi connectivity index (χ0) is 10.9. The Bertz CT molecular complexity index is 329. The lowest BCUT2D eigenvalue weighted by atomic mass is 10.1. The molecule has 1 fully saturated rings. The van der Waals surface area contributed by atoms with E-state index in [1.807, 2.05) is 0 Å². The molecule has 15 heavy (non-hydrogen) atoms. The van der Waals surface area contributed by atoms with Crippen LogP contribution >= 0.6 is 11.3 Å². The van der Waals surface area contributed by atoms with Crippen molar-refractivity contribution in [3.05, 3.63) is 16.1 Å². The van der Waals surface area contributed by atoms with Gasteiger partial charge in [-0.2, -0.15) is 0 Å². The second-order valence-electron chi connectivity index (χ2n) is 4.44. The van der Waals surface area contributed by atoms with Gasteiger partial charge in [0.15, 0.2) is 0 Å². The first-order chi connectivity index (χ1) is 7.13. The minimum absolute atomic E-state index is 0.262. The van der Waals surface area contributed by atoms with Crippen LogP contribution in [-0.2, 0) is 10.3 Å². The molecule has 1 aliphatic heterocycles. The Morgan fingerprint density at radius 1 is 1.60 bits per heavy atom. The highest BCUT2D eigenvalue weighted by molar-refractivity contribution is 7.09. The molecule has 3 nitrogen and oxygen atoms in total. The molecule has 2 heterocycles. The molecule has 0 unspecified atom stereocenters. The van der Waals surface area contributed by atoms with E-state index in [0.29, 0.717) is 6.04 Å². The number of thiazole rings is 1. The standard InChI is InChI=1S/C11H18N2OS/c1-11(2,14-3)10-13-9(7-15-10)8-5-4-6-12-8/h7-8,12H,4-6H2,1-3H3/t8-/m1/s1. The fourth-order valence-corrected chi connectivity index (χ4v) is 2.72. The van der Waals surface area contributed by atoms with Crippen LogP contribution in [0.3, 0.4) is 0 Å². The third-order valence-electron chi connectivity index (χ3n) is 2.96. The molecule has 1 N–H and O–H groups in total. The number of aromatic nitrogens is 1. The molecule has 0 saturated carbocycles. The molecule has 1 aromatic rings. The van der Waals surface area contributed by atoms with Crippen LogP contribution in [0.1, 0.15) is 43.4 Å². The van der Waals surface area contributed by atoms with Crippen LogP contribution in [0, 0.1) is 0 Å². The third-order valence-corrected chi connectivity index (χ3v) is 4.13. The summed E-state index contributed by atoms with van der Waals surface area (Å²) >= 11 is 1.69. The van der Waals surface area contributed by atoms with Crippen molar-refractivity contribution in [1.29, 1.82) is 0 Å². The van der Waals surface area contributed by atoms with Crippen LogP contribution in [0.4, 0.5) is 0 Å². The Labute approximate surface area is 94.9 Å². The number of rotatable bonds is 3. The average Bonchev–Trinajstić information content (AvgIpc) is 2.88. The van der Waals surface area contributed by atoms with Gasteiger partial charge in [-0.3, -0.25) is 0 Å². The van der Waals surface area contributed by atoms with Crippen molar-refractivity contribution < 1.29 is 4.74 Å².